The Hall–Kier alpha value is -2.35. The molecule has 2 rings (SSSR count). The van der Waals surface area contributed by atoms with E-state index in [2.05, 4.69) is 20.6 Å². The number of carboxylic acids is 1. The SMILES string of the molecule is O=C(NCCCc1ncc[nH]1)Nc1sccc1C(=O)O. The summed E-state index contributed by atoms with van der Waals surface area (Å²) in [4.78, 5) is 29.6. The molecule has 2 amide bonds. The number of hydrogen-bond acceptors (Lipinski definition) is 4. The van der Waals surface area contributed by atoms with Crippen LogP contribution < -0.4 is 10.6 Å². The molecule has 0 radical (unpaired) electrons. The van der Waals surface area contributed by atoms with Crippen LogP contribution in [0.5, 0.6) is 0 Å². The molecule has 0 atom stereocenters. The maximum absolute atomic E-state index is 11.6. The second-order valence-corrected chi connectivity index (χ2v) is 4.90. The third kappa shape index (κ3) is 3.82. The van der Waals surface area contributed by atoms with E-state index in [0.717, 1.165) is 18.7 Å². The van der Waals surface area contributed by atoms with Crippen LogP contribution in [0.25, 0.3) is 0 Å². The van der Waals surface area contributed by atoms with E-state index in [4.69, 9.17) is 5.11 Å². The third-order valence-corrected chi connectivity index (χ3v) is 3.38. The van der Waals surface area contributed by atoms with Crippen LogP contribution in [0, 0.1) is 0 Å². The Morgan fingerprint density at radius 3 is 3.00 bits per heavy atom. The monoisotopic (exact) mass is 294 g/mol. The number of H-pyrrole nitrogens is 1. The van der Waals surface area contributed by atoms with E-state index in [9.17, 15) is 9.59 Å². The van der Waals surface area contributed by atoms with Crippen LogP contribution in [-0.4, -0.2) is 33.6 Å². The van der Waals surface area contributed by atoms with Crippen LogP contribution in [0.15, 0.2) is 23.8 Å². The van der Waals surface area contributed by atoms with Gasteiger partial charge in [0.15, 0.2) is 0 Å². The molecule has 2 aromatic rings. The second-order valence-electron chi connectivity index (χ2n) is 3.99. The Labute approximate surface area is 119 Å². The lowest BCUT2D eigenvalue weighted by molar-refractivity contribution is 0.0698. The van der Waals surface area contributed by atoms with E-state index in [-0.39, 0.29) is 5.56 Å². The van der Waals surface area contributed by atoms with E-state index in [0.29, 0.717) is 11.5 Å². The summed E-state index contributed by atoms with van der Waals surface area (Å²) in [6, 6.07) is 1.05. The van der Waals surface area contributed by atoms with Crippen LogP contribution in [0.4, 0.5) is 9.80 Å². The van der Waals surface area contributed by atoms with Crippen LogP contribution in [-0.2, 0) is 6.42 Å². The fraction of sp³-hybridized carbons (Fsp3) is 0.250. The van der Waals surface area contributed by atoms with Gasteiger partial charge in [-0.25, -0.2) is 14.6 Å². The highest BCUT2D eigenvalue weighted by Gasteiger charge is 2.13. The second kappa shape index (κ2) is 6.71. The first-order valence-corrected chi connectivity index (χ1v) is 6.88. The molecule has 0 unspecified atom stereocenters. The van der Waals surface area contributed by atoms with Gasteiger partial charge in [0.2, 0.25) is 0 Å². The van der Waals surface area contributed by atoms with Crippen molar-refractivity contribution in [3.8, 4) is 0 Å². The predicted octanol–water partition coefficient (Wildman–Crippen LogP) is 1.92. The van der Waals surface area contributed by atoms with Gasteiger partial charge >= 0.3 is 12.0 Å². The number of anilines is 1. The van der Waals surface area contributed by atoms with Gasteiger partial charge < -0.3 is 15.4 Å². The molecule has 106 valence electrons. The number of hydrogen-bond donors (Lipinski definition) is 4. The van der Waals surface area contributed by atoms with Gasteiger partial charge in [-0.2, -0.15) is 0 Å². The summed E-state index contributed by atoms with van der Waals surface area (Å²) in [5.41, 5.74) is 0.0979. The van der Waals surface area contributed by atoms with Crippen molar-refractivity contribution in [3.63, 3.8) is 0 Å². The lowest BCUT2D eigenvalue weighted by Gasteiger charge is -2.06. The number of thiophene rings is 1. The topological polar surface area (TPSA) is 107 Å². The maximum atomic E-state index is 11.6. The van der Waals surface area contributed by atoms with Gasteiger partial charge in [0.1, 0.15) is 10.8 Å². The number of carbonyl (C=O) groups excluding carboxylic acids is 1. The summed E-state index contributed by atoms with van der Waals surface area (Å²) in [5.74, 6) is -0.182. The van der Waals surface area contributed by atoms with Gasteiger partial charge in [0.05, 0.1) is 5.56 Å². The number of urea groups is 1. The van der Waals surface area contributed by atoms with E-state index in [1.807, 2.05) is 0 Å². The molecule has 2 aromatic heterocycles. The first-order chi connectivity index (χ1) is 9.66. The Kier molecular flexibility index (Phi) is 4.72. The number of carboxylic acid groups (broad SMARTS) is 1. The molecule has 0 saturated carbocycles. The van der Waals surface area contributed by atoms with Crippen molar-refractivity contribution in [1.29, 1.82) is 0 Å². The molecule has 0 bridgehead atoms. The number of rotatable bonds is 6. The van der Waals surface area contributed by atoms with Gasteiger partial charge in [0, 0.05) is 25.4 Å². The molecule has 0 saturated heterocycles. The van der Waals surface area contributed by atoms with Gasteiger partial charge in [-0.1, -0.05) is 0 Å². The summed E-state index contributed by atoms with van der Waals surface area (Å²) in [6.45, 7) is 0.486. The fourth-order valence-electron chi connectivity index (χ4n) is 1.61. The molecule has 0 fully saturated rings. The van der Waals surface area contributed by atoms with Gasteiger partial charge in [0.25, 0.3) is 0 Å². The number of nitrogens with one attached hydrogen (secondary N) is 3. The van der Waals surface area contributed by atoms with Crippen molar-refractivity contribution in [2.75, 3.05) is 11.9 Å². The molecule has 20 heavy (non-hydrogen) atoms. The zero-order chi connectivity index (χ0) is 14.4. The Bertz CT molecular complexity index is 579. The van der Waals surface area contributed by atoms with Gasteiger partial charge in [-0.05, 0) is 17.9 Å². The van der Waals surface area contributed by atoms with Crippen molar-refractivity contribution in [2.45, 2.75) is 12.8 Å². The van der Waals surface area contributed by atoms with E-state index >= 15 is 0 Å². The Morgan fingerprint density at radius 1 is 1.45 bits per heavy atom. The maximum Gasteiger partial charge on any atom is 0.338 e. The summed E-state index contributed by atoms with van der Waals surface area (Å²) < 4.78 is 0. The zero-order valence-corrected chi connectivity index (χ0v) is 11.4. The number of carbonyl (C=O) groups is 2. The van der Waals surface area contributed by atoms with Crippen molar-refractivity contribution in [2.24, 2.45) is 0 Å². The average molecular weight is 294 g/mol. The first kappa shape index (κ1) is 14.1. The summed E-state index contributed by atoms with van der Waals surface area (Å²) >= 11 is 1.18. The highest BCUT2D eigenvalue weighted by atomic mass is 32.1. The lowest BCUT2D eigenvalue weighted by atomic mass is 10.3. The van der Waals surface area contributed by atoms with Crippen molar-refractivity contribution < 1.29 is 14.7 Å². The molecular formula is C12H14N4O3S. The van der Waals surface area contributed by atoms with Crippen LogP contribution in [0.3, 0.4) is 0 Å². The standard InChI is InChI=1S/C12H14N4O3S/c17-11(18)8-3-7-20-10(8)16-12(19)15-4-1-2-9-13-5-6-14-9/h3,5-7H,1-2,4H2,(H,13,14)(H,17,18)(H2,15,16,19). The van der Waals surface area contributed by atoms with Crippen LogP contribution in [0.1, 0.15) is 22.6 Å². The lowest BCUT2D eigenvalue weighted by Crippen LogP contribution is -2.30. The Balaban J connectivity index is 1.72. The van der Waals surface area contributed by atoms with Crippen molar-refractivity contribution in [3.05, 3.63) is 35.2 Å². The molecule has 0 aliphatic heterocycles. The largest absolute Gasteiger partial charge is 0.478 e. The van der Waals surface area contributed by atoms with E-state index in [1.54, 1.807) is 17.8 Å². The zero-order valence-electron chi connectivity index (χ0n) is 10.5. The quantitative estimate of drug-likeness (QED) is 0.610. The first-order valence-electron chi connectivity index (χ1n) is 6.00. The van der Waals surface area contributed by atoms with E-state index < -0.39 is 12.0 Å². The predicted molar refractivity (Wildman–Crippen MR) is 75.2 cm³/mol. The average Bonchev–Trinajstić information content (AvgIpc) is 3.05. The van der Waals surface area contributed by atoms with Crippen LogP contribution in [0.2, 0.25) is 0 Å². The molecule has 2 heterocycles. The smallest absolute Gasteiger partial charge is 0.338 e. The minimum Gasteiger partial charge on any atom is -0.478 e. The Morgan fingerprint density at radius 2 is 2.30 bits per heavy atom. The molecule has 0 aliphatic rings. The summed E-state index contributed by atoms with van der Waals surface area (Å²) in [6.07, 6.45) is 4.92. The highest BCUT2D eigenvalue weighted by molar-refractivity contribution is 7.14. The highest BCUT2D eigenvalue weighted by Crippen LogP contribution is 2.22. The fourth-order valence-corrected chi connectivity index (χ4v) is 2.39. The number of aromatic amines is 1. The third-order valence-electron chi connectivity index (χ3n) is 2.55. The molecular weight excluding hydrogens is 280 g/mol. The molecule has 4 N–H and O–H groups in total. The number of aromatic nitrogens is 2. The normalized spacial score (nSPS) is 10.2. The minimum atomic E-state index is -1.06. The van der Waals surface area contributed by atoms with Crippen molar-refractivity contribution >= 4 is 28.3 Å². The van der Waals surface area contributed by atoms with Crippen molar-refractivity contribution in [1.82, 2.24) is 15.3 Å². The van der Waals surface area contributed by atoms with Crippen LogP contribution >= 0.6 is 11.3 Å². The minimum absolute atomic E-state index is 0.0979. The number of imidazole rings is 1. The molecule has 7 nitrogen and oxygen atoms in total. The number of aromatic carboxylic acids is 1. The van der Waals surface area contributed by atoms with E-state index in [1.165, 1.54) is 17.4 Å². The summed E-state index contributed by atoms with van der Waals surface area (Å²) in [7, 11) is 0. The van der Waals surface area contributed by atoms with Gasteiger partial charge in [-0.15, -0.1) is 11.3 Å². The number of nitrogens with zero attached hydrogens (tertiary/aromatic N) is 1. The molecule has 0 aromatic carbocycles. The van der Waals surface area contributed by atoms with Gasteiger partial charge in [-0.3, -0.25) is 5.32 Å². The molecule has 0 spiro atoms. The molecule has 8 heteroatoms. The number of amides is 2. The molecule has 0 aliphatic carbocycles. The summed E-state index contributed by atoms with van der Waals surface area (Å²) in [5, 5.41) is 16.1. The number of aryl methyl sites for hydroxylation is 1.